The number of hydrogen-bond acceptors (Lipinski definition) is 3. The van der Waals surface area contributed by atoms with E-state index >= 15 is 0 Å². The van der Waals surface area contributed by atoms with Crippen LogP contribution in [0.2, 0.25) is 0 Å². The quantitative estimate of drug-likeness (QED) is 0.586. The molecule has 0 radical (unpaired) electrons. The highest BCUT2D eigenvalue weighted by molar-refractivity contribution is 5.91. The minimum Gasteiger partial charge on any atom is -0.458 e. The molecule has 1 N–H and O–H groups in total. The van der Waals surface area contributed by atoms with Crippen molar-refractivity contribution in [2.24, 2.45) is 11.8 Å². The molecule has 1 heterocycles. The number of ether oxygens (including phenoxy) is 1. The lowest BCUT2D eigenvalue weighted by Gasteiger charge is -2.37. The van der Waals surface area contributed by atoms with Crippen LogP contribution in [0.5, 0.6) is 0 Å². The Bertz CT molecular complexity index is 308. The summed E-state index contributed by atoms with van der Waals surface area (Å²) in [5.74, 6) is 0.319. The maximum Gasteiger partial charge on any atom is 0.334 e. The highest BCUT2D eigenvalue weighted by atomic mass is 16.6. The number of allylic oxidation sites excluding steroid dienone is 1. The number of carbonyl (C=O) groups is 1. The van der Waals surface area contributed by atoms with Crippen LogP contribution in [0.25, 0.3) is 0 Å². The Hall–Kier alpha value is -0.830. The summed E-state index contributed by atoms with van der Waals surface area (Å²) in [5, 5.41) is 9.86. The van der Waals surface area contributed by atoms with Gasteiger partial charge in [-0.1, -0.05) is 6.08 Å². The normalized spacial score (nSPS) is 45.5. The number of hydrogen-bond donors (Lipinski definition) is 1. The van der Waals surface area contributed by atoms with E-state index in [0.717, 1.165) is 31.3 Å². The van der Waals surface area contributed by atoms with Gasteiger partial charge in [-0.05, 0) is 31.6 Å². The van der Waals surface area contributed by atoms with Gasteiger partial charge in [-0.15, -0.1) is 0 Å². The lowest BCUT2D eigenvalue weighted by molar-refractivity contribution is -0.141. The molecule has 0 aromatic carbocycles. The van der Waals surface area contributed by atoms with E-state index in [2.05, 4.69) is 0 Å². The molecule has 0 aromatic rings. The Balaban J connectivity index is 2.00. The molecule has 1 saturated heterocycles. The molecule has 0 spiro atoms. The molecular formula is C11H14O3. The van der Waals surface area contributed by atoms with E-state index in [-0.39, 0.29) is 30.0 Å². The van der Waals surface area contributed by atoms with Gasteiger partial charge in [-0.3, -0.25) is 0 Å². The summed E-state index contributed by atoms with van der Waals surface area (Å²) in [6.07, 6.45) is 5.36. The predicted octanol–water partition coefficient (Wildman–Crippen LogP) is 1.02. The second kappa shape index (κ2) is 2.83. The predicted molar refractivity (Wildman–Crippen MR) is 49.4 cm³/mol. The van der Waals surface area contributed by atoms with Crippen molar-refractivity contribution in [2.75, 3.05) is 0 Å². The van der Waals surface area contributed by atoms with Crippen molar-refractivity contribution >= 4 is 5.97 Å². The number of aliphatic hydroxyl groups is 1. The maximum absolute atomic E-state index is 11.5. The molecule has 0 aromatic heterocycles. The molecule has 4 atom stereocenters. The summed E-state index contributed by atoms with van der Waals surface area (Å²) >= 11 is 0. The first-order chi connectivity index (χ1) is 6.77. The number of carbonyl (C=O) groups excluding carboxylic acids is 1. The fourth-order valence-electron chi connectivity index (χ4n) is 3.17. The number of aliphatic hydroxyl groups excluding tert-OH is 1. The molecule has 76 valence electrons. The zero-order valence-corrected chi connectivity index (χ0v) is 7.98. The van der Waals surface area contributed by atoms with E-state index in [1.165, 1.54) is 0 Å². The SMILES string of the molecule is O=C1OC2CCC(O)C3CCC=C1C23. The first-order valence-corrected chi connectivity index (χ1v) is 5.36. The second-order valence-electron chi connectivity index (χ2n) is 4.51. The lowest BCUT2D eigenvalue weighted by atomic mass is 9.68. The van der Waals surface area contributed by atoms with Gasteiger partial charge in [0.1, 0.15) is 6.10 Å². The second-order valence-corrected chi connectivity index (χ2v) is 4.51. The molecule has 0 amide bonds. The average Bonchev–Trinajstić information content (AvgIpc) is 2.52. The zero-order chi connectivity index (χ0) is 9.71. The molecule has 1 aliphatic heterocycles. The Morgan fingerprint density at radius 3 is 3.07 bits per heavy atom. The van der Waals surface area contributed by atoms with Crippen molar-refractivity contribution in [3.05, 3.63) is 11.6 Å². The molecule has 3 heteroatoms. The van der Waals surface area contributed by atoms with Crippen LogP contribution in [0.15, 0.2) is 11.6 Å². The molecule has 3 aliphatic rings. The van der Waals surface area contributed by atoms with Gasteiger partial charge in [-0.2, -0.15) is 0 Å². The van der Waals surface area contributed by atoms with E-state index < -0.39 is 0 Å². The van der Waals surface area contributed by atoms with E-state index in [0.29, 0.717) is 0 Å². The Morgan fingerprint density at radius 2 is 2.21 bits per heavy atom. The third kappa shape index (κ3) is 0.989. The number of esters is 1. The van der Waals surface area contributed by atoms with Gasteiger partial charge in [0, 0.05) is 11.5 Å². The topological polar surface area (TPSA) is 46.5 Å². The first-order valence-electron chi connectivity index (χ1n) is 5.36. The van der Waals surface area contributed by atoms with Crippen molar-refractivity contribution in [3.8, 4) is 0 Å². The summed E-state index contributed by atoms with van der Waals surface area (Å²) in [4.78, 5) is 11.5. The van der Waals surface area contributed by atoms with E-state index in [9.17, 15) is 9.90 Å². The summed E-state index contributed by atoms with van der Waals surface area (Å²) in [5.41, 5.74) is 0.838. The van der Waals surface area contributed by atoms with Crippen LogP contribution >= 0.6 is 0 Å². The Labute approximate surface area is 82.8 Å². The third-order valence-electron chi connectivity index (χ3n) is 3.82. The van der Waals surface area contributed by atoms with Gasteiger partial charge in [0.25, 0.3) is 0 Å². The van der Waals surface area contributed by atoms with Gasteiger partial charge in [0.05, 0.1) is 6.10 Å². The van der Waals surface area contributed by atoms with E-state index in [1.54, 1.807) is 0 Å². The zero-order valence-electron chi connectivity index (χ0n) is 7.98. The van der Waals surface area contributed by atoms with Crippen molar-refractivity contribution in [1.29, 1.82) is 0 Å². The molecule has 1 saturated carbocycles. The van der Waals surface area contributed by atoms with Crippen LogP contribution in [0.1, 0.15) is 25.7 Å². The number of rotatable bonds is 0. The monoisotopic (exact) mass is 194 g/mol. The van der Waals surface area contributed by atoms with E-state index in [1.807, 2.05) is 6.08 Å². The molecule has 2 fully saturated rings. The Kier molecular flexibility index (Phi) is 1.71. The molecule has 3 rings (SSSR count). The van der Waals surface area contributed by atoms with Gasteiger partial charge in [0.2, 0.25) is 0 Å². The van der Waals surface area contributed by atoms with E-state index in [4.69, 9.17) is 4.74 Å². The van der Waals surface area contributed by atoms with Crippen molar-refractivity contribution in [1.82, 2.24) is 0 Å². The van der Waals surface area contributed by atoms with Gasteiger partial charge >= 0.3 is 5.97 Å². The standard InChI is InChI=1S/C11H14O3/c12-8-4-5-9-10-6(8)2-1-3-7(10)11(13)14-9/h3,6,8-10,12H,1-2,4-5H2. The molecule has 3 nitrogen and oxygen atoms in total. The van der Waals surface area contributed by atoms with Crippen LogP contribution in [-0.2, 0) is 9.53 Å². The fraction of sp³-hybridized carbons (Fsp3) is 0.727. The summed E-state index contributed by atoms with van der Waals surface area (Å²) < 4.78 is 5.31. The molecule has 0 bridgehead atoms. The summed E-state index contributed by atoms with van der Waals surface area (Å²) in [7, 11) is 0. The van der Waals surface area contributed by atoms with Crippen molar-refractivity contribution < 1.29 is 14.6 Å². The Morgan fingerprint density at radius 1 is 1.36 bits per heavy atom. The van der Waals surface area contributed by atoms with Crippen LogP contribution in [0.3, 0.4) is 0 Å². The summed E-state index contributed by atoms with van der Waals surface area (Å²) in [6, 6.07) is 0. The maximum atomic E-state index is 11.5. The molecule has 14 heavy (non-hydrogen) atoms. The minimum atomic E-state index is -0.227. The minimum absolute atomic E-state index is 0.0578. The van der Waals surface area contributed by atoms with Crippen molar-refractivity contribution in [3.63, 3.8) is 0 Å². The molecule has 2 aliphatic carbocycles. The summed E-state index contributed by atoms with van der Waals surface area (Å²) in [6.45, 7) is 0. The molecule has 4 unspecified atom stereocenters. The average molecular weight is 194 g/mol. The van der Waals surface area contributed by atoms with Gasteiger partial charge < -0.3 is 9.84 Å². The largest absolute Gasteiger partial charge is 0.458 e. The smallest absolute Gasteiger partial charge is 0.334 e. The third-order valence-corrected chi connectivity index (χ3v) is 3.82. The van der Waals surface area contributed by atoms with Crippen LogP contribution < -0.4 is 0 Å². The fourth-order valence-corrected chi connectivity index (χ4v) is 3.17. The van der Waals surface area contributed by atoms with Crippen molar-refractivity contribution in [2.45, 2.75) is 37.9 Å². The lowest BCUT2D eigenvalue weighted by Crippen LogP contribution is -2.40. The van der Waals surface area contributed by atoms with Crippen LogP contribution in [-0.4, -0.2) is 23.3 Å². The molecular weight excluding hydrogens is 180 g/mol. The highest BCUT2D eigenvalue weighted by Crippen LogP contribution is 2.46. The highest BCUT2D eigenvalue weighted by Gasteiger charge is 2.50. The van der Waals surface area contributed by atoms with Crippen LogP contribution in [0, 0.1) is 11.8 Å². The van der Waals surface area contributed by atoms with Gasteiger partial charge in [0.15, 0.2) is 0 Å². The van der Waals surface area contributed by atoms with Crippen LogP contribution in [0.4, 0.5) is 0 Å². The van der Waals surface area contributed by atoms with Gasteiger partial charge in [-0.25, -0.2) is 4.79 Å². The first kappa shape index (κ1) is 8.48.